The van der Waals surface area contributed by atoms with Gasteiger partial charge in [-0.15, -0.1) is 0 Å². The maximum Gasteiger partial charge on any atom is 0.428 e. The number of sulfonamides is 2. The Kier molecular flexibility index (Phi) is 11.9. The summed E-state index contributed by atoms with van der Waals surface area (Å²) in [6.45, 7) is 5.20. The molecular formula is C23H30Cl2N4O7S2. The Morgan fingerprint density at radius 3 is 1.63 bits per heavy atom. The Hall–Kier alpha value is -2.55. The van der Waals surface area contributed by atoms with Crippen LogP contribution in [0.3, 0.4) is 0 Å². The molecule has 0 radical (unpaired) electrons. The number of hydrazone groups is 1. The largest absolute Gasteiger partial charge is 0.443 e. The molecule has 1 amide bonds. The zero-order chi connectivity index (χ0) is 29.5. The molecule has 0 saturated carbocycles. The monoisotopic (exact) mass is 608 g/mol. The topological polar surface area (TPSA) is 143 Å². The molecule has 2 aromatic carbocycles. The van der Waals surface area contributed by atoms with Gasteiger partial charge in [0.2, 0.25) is 20.0 Å². The van der Waals surface area contributed by atoms with Gasteiger partial charge in [-0.2, -0.15) is 5.10 Å². The van der Waals surface area contributed by atoms with E-state index in [1.165, 1.54) is 70.8 Å². The van der Waals surface area contributed by atoms with Gasteiger partial charge >= 0.3 is 6.09 Å². The first kappa shape index (κ1) is 33.5. The number of carbonyl (C=O) groups is 2. The zero-order valence-corrected chi connectivity index (χ0v) is 25.0. The fourth-order valence-electron chi connectivity index (χ4n) is 2.41. The van der Waals surface area contributed by atoms with Gasteiger partial charge in [0, 0.05) is 39.3 Å². The van der Waals surface area contributed by atoms with Gasteiger partial charge in [-0.1, -0.05) is 29.3 Å². The lowest BCUT2D eigenvalue weighted by Gasteiger charge is -2.18. The zero-order valence-electron chi connectivity index (χ0n) is 21.9. The van der Waals surface area contributed by atoms with Gasteiger partial charge in [-0.05, 0) is 51.1 Å². The van der Waals surface area contributed by atoms with E-state index in [0.29, 0.717) is 11.8 Å². The fourth-order valence-corrected chi connectivity index (χ4v) is 4.85. The lowest BCUT2D eigenvalue weighted by Crippen LogP contribution is -2.29. The molecule has 1 N–H and O–H groups in total. The first-order chi connectivity index (χ1) is 17.3. The van der Waals surface area contributed by atoms with Crippen molar-refractivity contribution in [3.8, 4) is 0 Å². The lowest BCUT2D eigenvalue weighted by molar-refractivity contribution is 0.0529. The molecule has 0 aliphatic carbocycles. The van der Waals surface area contributed by atoms with Gasteiger partial charge in [0.25, 0.3) is 0 Å². The maximum absolute atomic E-state index is 12.0. The highest BCUT2D eigenvalue weighted by Crippen LogP contribution is 2.22. The number of halogens is 2. The predicted octanol–water partition coefficient (Wildman–Crippen LogP) is 3.85. The van der Waals surface area contributed by atoms with Crippen LogP contribution in [0.4, 0.5) is 4.79 Å². The van der Waals surface area contributed by atoms with Gasteiger partial charge in [-0.25, -0.2) is 35.7 Å². The Labute approximate surface area is 233 Å². The third-order valence-electron chi connectivity index (χ3n) is 4.39. The summed E-state index contributed by atoms with van der Waals surface area (Å²) in [7, 11) is -1.32. The van der Waals surface area contributed by atoms with Gasteiger partial charge in [-0.3, -0.25) is 4.79 Å². The average Bonchev–Trinajstić information content (AvgIpc) is 2.79. The molecule has 38 heavy (non-hydrogen) atoms. The highest BCUT2D eigenvalue weighted by atomic mass is 35.5. The summed E-state index contributed by atoms with van der Waals surface area (Å²) in [4.78, 5) is 22.1. The number of nitrogens with zero attached hydrogens (tertiary/aromatic N) is 3. The number of hydrogen-bond donors (Lipinski definition) is 1. The van der Waals surface area contributed by atoms with Crippen molar-refractivity contribution in [2.75, 3.05) is 28.2 Å². The van der Waals surface area contributed by atoms with Crippen LogP contribution in [0.1, 0.15) is 36.7 Å². The van der Waals surface area contributed by atoms with Gasteiger partial charge in [0.05, 0.1) is 26.1 Å². The highest BCUT2D eigenvalue weighted by molar-refractivity contribution is 7.89. The SMILES string of the molecule is CN(C)S(=O)(=O)c1ccc(/C=N/NC(=O)OC(C)(C)C)c(Cl)c1.CN(C)S(=O)(=O)c1ccc(C=O)c(Cl)c1. The minimum Gasteiger partial charge on any atom is -0.443 e. The first-order valence-electron chi connectivity index (χ1n) is 10.7. The van der Waals surface area contributed by atoms with E-state index in [0.717, 1.165) is 8.61 Å². The summed E-state index contributed by atoms with van der Waals surface area (Å²) in [5, 5.41) is 4.05. The van der Waals surface area contributed by atoms with Crippen LogP contribution in [0.25, 0.3) is 0 Å². The lowest BCUT2D eigenvalue weighted by atomic mass is 10.2. The molecule has 2 aromatic rings. The Morgan fingerprint density at radius 1 is 0.868 bits per heavy atom. The van der Waals surface area contributed by atoms with Crippen LogP contribution >= 0.6 is 23.2 Å². The second-order valence-electron chi connectivity index (χ2n) is 8.93. The second-order valence-corrected chi connectivity index (χ2v) is 14.0. The molecule has 0 bridgehead atoms. The number of ether oxygens (including phenoxy) is 1. The van der Waals surface area contributed by atoms with E-state index in [1.807, 2.05) is 0 Å². The molecule has 0 spiro atoms. The Morgan fingerprint density at radius 2 is 1.29 bits per heavy atom. The van der Waals surface area contributed by atoms with Crippen molar-refractivity contribution in [1.29, 1.82) is 0 Å². The number of amides is 1. The van der Waals surface area contributed by atoms with Crippen LogP contribution in [0, 0.1) is 0 Å². The quantitative estimate of drug-likeness (QED) is 0.285. The highest BCUT2D eigenvalue weighted by Gasteiger charge is 2.19. The van der Waals surface area contributed by atoms with Crippen LogP contribution in [-0.4, -0.2) is 77.8 Å². The molecular weight excluding hydrogens is 579 g/mol. The molecule has 0 fully saturated rings. The molecule has 0 aliphatic rings. The van der Waals surface area contributed by atoms with Crippen molar-refractivity contribution in [2.45, 2.75) is 36.2 Å². The molecule has 11 nitrogen and oxygen atoms in total. The normalized spacial score (nSPS) is 12.3. The number of rotatable bonds is 7. The predicted molar refractivity (Wildman–Crippen MR) is 147 cm³/mol. The first-order valence-corrected chi connectivity index (χ1v) is 14.4. The van der Waals surface area contributed by atoms with E-state index in [2.05, 4.69) is 10.5 Å². The number of aldehydes is 1. The van der Waals surface area contributed by atoms with Crippen molar-refractivity contribution in [3.63, 3.8) is 0 Å². The summed E-state index contributed by atoms with van der Waals surface area (Å²) in [5.74, 6) is 0. The standard InChI is InChI=1S/C14H20ClN3O4S.C9H10ClNO3S/c1-14(2,3)22-13(19)17-16-9-10-6-7-11(8-12(10)15)23(20,21)18(4)5;1-11(2)15(13,14)8-4-3-7(6-12)9(10)5-8/h6-9H,1-5H3,(H,17,19);3-6H,1-2H3/b16-9+;. The van der Waals surface area contributed by atoms with Gasteiger partial charge in [0.15, 0.2) is 6.29 Å². The van der Waals surface area contributed by atoms with Crippen molar-refractivity contribution >= 4 is 61.8 Å². The molecule has 15 heteroatoms. The van der Waals surface area contributed by atoms with Crippen LogP contribution in [0.2, 0.25) is 10.0 Å². The molecule has 0 heterocycles. The Balaban J connectivity index is 0.000000415. The van der Waals surface area contributed by atoms with E-state index in [4.69, 9.17) is 27.9 Å². The molecule has 2 rings (SSSR count). The number of carbonyl (C=O) groups excluding carboxylic acids is 2. The minimum atomic E-state index is -3.56. The number of hydrogen-bond acceptors (Lipinski definition) is 8. The van der Waals surface area contributed by atoms with Crippen molar-refractivity contribution in [1.82, 2.24) is 14.0 Å². The van der Waals surface area contributed by atoms with Crippen LogP contribution < -0.4 is 5.43 Å². The van der Waals surface area contributed by atoms with Crippen molar-refractivity contribution < 1.29 is 31.2 Å². The van der Waals surface area contributed by atoms with Crippen molar-refractivity contribution in [3.05, 3.63) is 57.6 Å². The van der Waals surface area contributed by atoms with Crippen molar-refractivity contribution in [2.24, 2.45) is 5.10 Å². The van der Waals surface area contributed by atoms with E-state index < -0.39 is 31.7 Å². The van der Waals surface area contributed by atoms with Crippen LogP contribution in [0.15, 0.2) is 51.3 Å². The second kappa shape index (κ2) is 13.5. The molecule has 0 aromatic heterocycles. The minimum absolute atomic E-state index is 0.0723. The third kappa shape index (κ3) is 9.64. The molecule has 0 atom stereocenters. The smallest absolute Gasteiger partial charge is 0.428 e. The Bertz CT molecular complexity index is 1400. The number of benzene rings is 2. The van der Waals surface area contributed by atoms with E-state index >= 15 is 0 Å². The van der Waals surface area contributed by atoms with Crippen LogP contribution in [-0.2, 0) is 24.8 Å². The maximum atomic E-state index is 12.0. The summed E-state index contributed by atoms with van der Waals surface area (Å²) >= 11 is 11.8. The summed E-state index contributed by atoms with van der Waals surface area (Å²) in [6, 6.07) is 8.23. The molecule has 210 valence electrons. The summed E-state index contributed by atoms with van der Waals surface area (Å²) in [6.07, 6.45) is 1.18. The van der Waals surface area contributed by atoms with E-state index in [-0.39, 0.29) is 25.4 Å². The molecule has 0 aliphatic heterocycles. The van der Waals surface area contributed by atoms with Gasteiger partial charge < -0.3 is 4.74 Å². The average molecular weight is 610 g/mol. The third-order valence-corrected chi connectivity index (χ3v) is 8.66. The number of nitrogens with one attached hydrogen (secondary N) is 1. The van der Waals surface area contributed by atoms with E-state index in [9.17, 15) is 26.4 Å². The van der Waals surface area contributed by atoms with E-state index in [1.54, 1.807) is 20.8 Å². The van der Waals surface area contributed by atoms with Crippen LogP contribution in [0.5, 0.6) is 0 Å². The summed E-state index contributed by atoms with van der Waals surface area (Å²) < 4.78 is 54.5. The summed E-state index contributed by atoms with van der Waals surface area (Å²) in [5.41, 5.74) is 2.31. The van der Waals surface area contributed by atoms with Gasteiger partial charge in [0.1, 0.15) is 5.60 Å². The fraction of sp³-hybridized carbons (Fsp3) is 0.348. The molecule has 0 saturated heterocycles. The molecule has 0 unspecified atom stereocenters.